The maximum atomic E-state index is 12.9. The zero-order chi connectivity index (χ0) is 20.8. The summed E-state index contributed by atoms with van der Waals surface area (Å²) in [4.78, 5) is 37.2. The molecule has 0 aliphatic heterocycles. The minimum absolute atomic E-state index is 0.0871. The van der Waals surface area contributed by atoms with Crippen LogP contribution in [0.3, 0.4) is 0 Å². The van der Waals surface area contributed by atoms with Crippen molar-refractivity contribution in [3.63, 3.8) is 0 Å². The van der Waals surface area contributed by atoms with Crippen LogP contribution in [0.15, 0.2) is 48.5 Å². The second-order valence-electron chi connectivity index (χ2n) is 6.79. The number of hydrogen-bond acceptors (Lipinski definition) is 4. The number of halogens is 1. The summed E-state index contributed by atoms with van der Waals surface area (Å²) >= 11 is 6.13. The maximum Gasteiger partial charge on any atom is 0.269 e. The fourth-order valence-corrected chi connectivity index (χ4v) is 2.87. The lowest BCUT2D eigenvalue weighted by atomic mass is 10.0. The van der Waals surface area contributed by atoms with Gasteiger partial charge < -0.3 is 10.2 Å². The van der Waals surface area contributed by atoms with Crippen LogP contribution in [0.5, 0.6) is 0 Å². The zero-order valence-electron chi connectivity index (χ0n) is 15.9. The Morgan fingerprint density at radius 3 is 2.39 bits per heavy atom. The fraction of sp³-hybridized carbons (Fsp3) is 0.300. The number of non-ortho nitro benzene ring substituents is 1. The van der Waals surface area contributed by atoms with Crippen molar-refractivity contribution in [3.8, 4) is 0 Å². The molecule has 2 aromatic rings. The topological polar surface area (TPSA) is 92.6 Å². The van der Waals surface area contributed by atoms with Crippen molar-refractivity contribution in [2.75, 3.05) is 7.05 Å². The van der Waals surface area contributed by atoms with E-state index in [-0.39, 0.29) is 30.0 Å². The molecule has 0 aliphatic rings. The number of benzene rings is 2. The Bertz CT molecular complexity index is 871. The van der Waals surface area contributed by atoms with Gasteiger partial charge in [-0.2, -0.15) is 0 Å². The van der Waals surface area contributed by atoms with Crippen LogP contribution in [-0.4, -0.2) is 34.7 Å². The summed E-state index contributed by atoms with van der Waals surface area (Å²) in [6.45, 7) is 3.76. The number of rotatable bonds is 7. The average Bonchev–Trinajstić information content (AvgIpc) is 2.67. The first kappa shape index (κ1) is 21.4. The van der Waals surface area contributed by atoms with Gasteiger partial charge in [0.15, 0.2) is 0 Å². The molecule has 1 N–H and O–H groups in total. The van der Waals surface area contributed by atoms with Crippen molar-refractivity contribution in [2.24, 2.45) is 5.92 Å². The van der Waals surface area contributed by atoms with Crippen LogP contribution in [0.25, 0.3) is 0 Å². The van der Waals surface area contributed by atoms with E-state index in [0.717, 1.165) is 0 Å². The molecular weight excluding hydrogens is 382 g/mol. The largest absolute Gasteiger partial charge is 0.340 e. The second kappa shape index (κ2) is 9.32. The number of hydrogen-bond donors (Lipinski definition) is 1. The van der Waals surface area contributed by atoms with E-state index in [0.29, 0.717) is 16.1 Å². The van der Waals surface area contributed by atoms with E-state index in [1.54, 1.807) is 37.4 Å². The minimum atomic E-state index is -0.741. The predicted octanol–water partition coefficient (Wildman–Crippen LogP) is 3.66. The van der Waals surface area contributed by atoms with Crippen molar-refractivity contribution < 1.29 is 14.5 Å². The van der Waals surface area contributed by atoms with E-state index < -0.39 is 11.0 Å². The first-order valence-corrected chi connectivity index (χ1v) is 9.12. The number of nitrogens with one attached hydrogen (secondary N) is 1. The van der Waals surface area contributed by atoms with E-state index in [9.17, 15) is 19.7 Å². The van der Waals surface area contributed by atoms with E-state index in [1.807, 2.05) is 13.8 Å². The molecule has 0 aliphatic carbocycles. The lowest BCUT2D eigenvalue weighted by Gasteiger charge is -2.27. The quantitative estimate of drug-likeness (QED) is 0.564. The average molecular weight is 404 g/mol. The Hall–Kier alpha value is -2.93. The van der Waals surface area contributed by atoms with Crippen LogP contribution >= 0.6 is 11.6 Å². The van der Waals surface area contributed by atoms with Gasteiger partial charge in [-0.05, 0) is 29.7 Å². The molecule has 0 bridgehead atoms. The van der Waals surface area contributed by atoms with Gasteiger partial charge in [0.05, 0.1) is 4.92 Å². The van der Waals surface area contributed by atoms with E-state index >= 15 is 0 Å². The Morgan fingerprint density at radius 2 is 1.82 bits per heavy atom. The molecule has 0 heterocycles. The number of carbonyl (C=O) groups is 2. The molecule has 0 fully saturated rings. The van der Waals surface area contributed by atoms with Gasteiger partial charge in [-0.25, -0.2) is 0 Å². The van der Waals surface area contributed by atoms with Crippen LogP contribution in [0.4, 0.5) is 5.69 Å². The van der Waals surface area contributed by atoms with Crippen molar-refractivity contribution in [2.45, 2.75) is 26.4 Å². The normalized spacial score (nSPS) is 11.8. The highest BCUT2D eigenvalue weighted by Crippen LogP contribution is 2.23. The third-order valence-corrected chi connectivity index (χ3v) is 4.65. The summed E-state index contributed by atoms with van der Waals surface area (Å²) in [5.41, 5.74) is 0.826. The van der Waals surface area contributed by atoms with Gasteiger partial charge in [0.1, 0.15) is 6.04 Å². The molecule has 1 atom stereocenters. The summed E-state index contributed by atoms with van der Waals surface area (Å²) in [7, 11) is 1.57. The van der Waals surface area contributed by atoms with Crippen LogP contribution in [0, 0.1) is 16.0 Å². The third kappa shape index (κ3) is 5.29. The van der Waals surface area contributed by atoms with Crippen molar-refractivity contribution in [3.05, 3.63) is 74.8 Å². The molecule has 2 aromatic carbocycles. The van der Waals surface area contributed by atoms with Gasteiger partial charge in [0.2, 0.25) is 5.91 Å². The molecule has 0 saturated heterocycles. The SMILES string of the molecule is CC(C)C(NC(=O)c1ccccc1)C(=O)N(C)Cc1cc([N+](=O)[O-])ccc1Cl. The van der Waals surface area contributed by atoms with Gasteiger partial charge in [0, 0.05) is 36.3 Å². The van der Waals surface area contributed by atoms with Gasteiger partial charge in [-0.15, -0.1) is 0 Å². The van der Waals surface area contributed by atoms with E-state index in [2.05, 4.69) is 5.32 Å². The number of amides is 2. The van der Waals surface area contributed by atoms with Crippen molar-refractivity contribution >= 4 is 29.1 Å². The van der Waals surface area contributed by atoms with Gasteiger partial charge in [-0.3, -0.25) is 19.7 Å². The van der Waals surface area contributed by atoms with Crippen LogP contribution in [-0.2, 0) is 11.3 Å². The number of carbonyl (C=O) groups excluding carboxylic acids is 2. The molecule has 0 radical (unpaired) electrons. The monoisotopic (exact) mass is 403 g/mol. The molecule has 8 heteroatoms. The molecule has 0 aromatic heterocycles. The molecular formula is C20H22ClN3O4. The first-order valence-electron chi connectivity index (χ1n) is 8.74. The zero-order valence-corrected chi connectivity index (χ0v) is 16.6. The summed E-state index contributed by atoms with van der Waals surface area (Å²) in [5, 5.41) is 14.1. The third-order valence-electron chi connectivity index (χ3n) is 4.28. The van der Waals surface area contributed by atoms with Crippen LogP contribution in [0.2, 0.25) is 5.02 Å². The van der Waals surface area contributed by atoms with Crippen molar-refractivity contribution in [1.82, 2.24) is 10.2 Å². The standard InChI is InChI=1S/C20H22ClN3O4/c1-13(2)18(22-19(25)14-7-5-4-6-8-14)20(26)23(3)12-15-11-16(24(27)28)9-10-17(15)21/h4-11,13,18H,12H2,1-3H3,(H,22,25). The summed E-state index contributed by atoms with van der Waals surface area (Å²) in [6.07, 6.45) is 0. The maximum absolute atomic E-state index is 12.9. The van der Waals surface area contributed by atoms with E-state index in [1.165, 1.54) is 23.1 Å². The van der Waals surface area contributed by atoms with Crippen LogP contribution in [0.1, 0.15) is 29.8 Å². The highest BCUT2D eigenvalue weighted by molar-refractivity contribution is 6.31. The summed E-state index contributed by atoms with van der Waals surface area (Å²) in [6, 6.07) is 12.0. The molecule has 148 valence electrons. The first-order chi connectivity index (χ1) is 13.2. The summed E-state index contributed by atoms with van der Waals surface area (Å²) in [5.74, 6) is -0.792. The Balaban J connectivity index is 2.15. The lowest BCUT2D eigenvalue weighted by molar-refractivity contribution is -0.384. The molecule has 2 rings (SSSR count). The van der Waals surface area contributed by atoms with Crippen LogP contribution < -0.4 is 5.32 Å². The molecule has 7 nitrogen and oxygen atoms in total. The Kier molecular flexibility index (Phi) is 7.12. The van der Waals surface area contributed by atoms with Crippen molar-refractivity contribution in [1.29, 1.82) is 0 Å². The summed E-state index contributed by atoms with van der Waals surface area (Å²) < 4.78 is 0. The van der Waals surface area contributed by atoms with Gasteiger partial charge in [-0.1, -0.05) is 43.6 Å². The number of nitro benzene ring substituents is 1. The van der Waals surface area contributed by atoms with Gasteiger partial charge >= 0.3 is 0 Å². The highest BCUT2D eigenvalue weighted by Gasteiger charge is 2.28. The van der Waals surface area contributed by atoms with Gasteiger partial charge in [0.25, 0.3) is 11.6 Å². The van der Waals surface area contributed by atoms with E-state index in [4.69, 9.17) is 11.6 Å². The molecule has 0 spiro atoms. The Labute approximate surface area is 168 Å². The smallest absolute Gasteiger partial charge is 0.269 e. The molecule has 1 unspecified atom stereocenters. The highest BCUT2D eigenvalue weighted by atomic mass is 35.5. The predicted molar refractivity (Wildman–Crippen MR) is 107 cm³/mol. The second-order valence-corrected chi connectivity index (χ2v) is 7.20. The molecule has 28 heavy (non-hydrogen) atoms. The lowest BCUT2D eigenvalue weighted by Crippen LogP contribution is -2.50. The number of nitrogens with zero attached hydrogens (tertiary/aromatic N) is 2. The Morgan fingerprint density at radius 1 is 1.18 bits per heavy atom. The molecule has 2 amide bonds. The molecule has 0 saturated carbocycles. The minimum Gasteiger partial charge on any atom is -0.340 e. The number of nitro groups is 1. The number of likely N-dealkylation sites (N-methyl/N-ethyl adjacent to an activating group) is 1. The fourth-order valence-electron chi connectivity index (χ4n) is 2.69.